The number of sulfonamides is 1. The topological polar surface area (TPSA) is 120 Å². The van der Waals surface area contributed by atoms with Gasteiger partial charge >= 0.3 is 0 Å². The van der Waals surface area contributed by atoms with Crippen LogP contribution in [0.5, 0.6) is 0 Å². The van der Waals surface area contributed by atoms with E-state index in [4.69, 9.17) is 10.9 Å². The van der Waals surface area contributed by atoms with Crippen LogP contribution in [0.4, 0.5) is 5.82 Å². The molecule has 2 fully saturated rings. The second kappa shape index (κ2) is 8.13. The van der Waals surface area contributed by atoms with Gasteiger partial charge in [0.2, 0.25) is 10.0 Å². The van der Waals surface area contributed by atoms with Crippen molar-refractivity contribution in [1.82, 2.24) is 19.4 Å². The van der Waals surface area contributed by atoms with Crippen LogP contribution in [-0.4, -0.2) is 52.7 Å². The number of nitrogens with zero attached hydrogens (tertiary/aromatic N) is 4. The number of primary sulfonamides is 1. The summed E-state index contributed by atoms with van der Waals surface area (Å²) in [6.45, 7) is 5.31. The van der Waals surface area contributed by atoms with E-state index in [0.29, 0.717) is 18.3 Å². The predicted molar refractivity (Wildman–Crippen MR) is 126 cm³/mol. The summed E-state index contributed by atoms with van der Waals surface area (Å²) in [5.41, 5.74) is 10.0. The molecule has 8 nitrogen and oxygen atoms in total. The van der Waals surface area contributed by atoms with Crippen LogP contribution in [0.1, 0.15) is 37.8 Å². The van der Waals surface area contributed by atoms with Crippen LogP contribution in [0.3, 0.4) is 0 Å². The van der Waals surface area contributed by atoms with Crippen molar-refractivity contribution in [2.45, 2.75) is 43.9 Å². The molecule has 0 bridgehead atoms. The average molecular weight is 455 g/mol. The first-order valence-corrected chi connectivity index (χ1v) is 12.8. The Morgan fingerprint density at radius 2 is 2.00 bits per heavy atom. The van der Waals surface area contributed by atoms with Gasteiger partial charge in [-0.05, 0) is 62.7 Å². The lowest BCUT2D eigenvalue weighted by atomic mass is 9.79. The molecule has 1 atom stereocenters. The fraction of sp³-hybridized carbons (Fsp3) is 0.478. The molecule has 0 radical (unpaired) electrons. The molecule has 2 aliphatic rings. The minimum absolute atomic E-state index is 0.359. The number of anilines is 1. The molecule has 2 aromatic heterocycles. The second-order valence-electron chi connectivity index (χ2n) is 9.36. The number of benzene rings is 1. The molecular weight excluding hydrogens is 424 g/mol. The maximum absolute atomic E-state index is 11.7. The van der Waals surface area contributed by atoms with E-state index >= 15 is 0 Å². The van der Waals surface area contributed by atoms with Gasteiger partial charge in [-0.1, -0.05) is 24.3 Å². The van der Waals surface area contributed by atoms with Crippen molar-refractivity contribution in [2.75, 3.05) is 25.4 Å². The van der Waals surface area contributed by atoms with Gasteiger partial charge in [0.25, 0.3) is 0 Å². The summed E-state index contributed by atoms with van der Waals surface area (Å²) in [4.78, 5) is 11.3. The molecule has 5 rings (SSSR count). The third-order valence-corrected chi connectivity index (χ3v) is 8.32. The van der Waals surface area contributed by atoms with Crippen molar-refractivity contribution < 1.29 is 8.42 Å². The summed E-state index contributed by atoms with van der Waals surface area (Å²) in [6, 6.07) is 8.31. The summed E-state index contributed by atoms with van der Waals surface area (Å²) >= 11 is 0. The Bertz CT molecular complexity index is 1240. The smallest absolute Gasteiger partial charge is 0.212 e. The molecule has 4 N–H and O–H groups in total. The highest BCUT2D eigenvalue weighted by atomic mass is 32.2. The Balaban J connectivity index is 1.45. The first-order valence-electron chi connectivity index (χ1n) is 11.2. The molecule has 1 saturated heterocycles. The fourth-order valence-corrected chi connectivity index (χ4v) is 5.35. The summed E-state index contributed by atoms with van der Waals surface area (Å²) in [5.74, 6) is 1.20. The van der Waals surface area contributed by atoms with Crippen molar-refractivity contribution in [1.29, 1.82) is 0 Å². The Morgan fingerprint density at radius 3 is 2.69 bits per heavy atom. The van der Waals surface area contributed by atoms with Gasteiger partial charge in [-0.15, -0.1) is 0 Å². The van der Waals surface area contributed by atoms with Gasteiger partial charge < -0.3 is 15.2 Å². The van der Waals surface area contributed by atoms with E-state index in [1.807, 2.05) is 24.3 Å². The maximum atomic E-state index is 11.7. The standard InChI is InChI=1S/C23H30N6O2S/c1-15(32(25,30)31)8-16-4-2-5-18(9-16)20-13-29(23-21(20)22(24)26-14-27-23)19-10-17(11-19)12-28-6-3-7-28/h2,4-5,9,13-15,17,19H,3,6-8,10-12H2,1H3,(H2,24,26,27)(H2,25,30,31). The molecule has 0 spiro atoms. The van der Waals surface area contributed by atoms with Gasteiger partial charge in [-0.3, -0.25) is 0 Å². The highest BCUT2D eigenvalue weighted by Crippen LogP contribution is 2.43. The minimum atomic E-state index is -3.58. The minimum Gasteiger partial charge on any atom is -0.383 e. The van der Waals surface area contributed by atoms with E-state index < -0.39 is 15.3 Å². The third kappa shape index (κ3) is 4.00. The van der Waals surface area contributed by atoms with Crippen LogP contribution in [0.2, 0.25) is 0 Å². The number of aromatic nitrogens is 3. The van der Waals surface area contributed by atoms with Crippen LogP contribution in [0, 0.1) is 5.92 Å². The Labute approximate surface area is 188 Å². The fourth-order valence-electron chi connectivity index (χ4n) is 4.93. The Morgan fingerprint density at radius 1 is 1.22 bits per heavy atom. The van der Waals surface area contributed by atoms with Crippen molar-refractivity contribution in [3.63, 3.8) is 0 Å². The second-order valence-corrected chi connectivity index (χ2v) is 11.3. The van der Waals surface area contributed by atoms with Crippen molar-refractivity contribution in [3.8, 4) is 11.1 Å². The lowest BCUT2D eigenvalue weighted by Crippen LogP contribution is -2.43. The molecule has 3 heterocycles. The monoisotopic (exact) mass is 454 g/mol. The maximum Gasteiger partial charge on any atom is 0.212 e. The van der Waals surface area contributed by atoms with Gasteiger partial charge in [0.15, 0.2) is 0 Å². The molecule has 1 saturated carbocycles. The SMILES string of the molecule is CC(Cc1cccc(-c2cn(C3CC(CN4CCC4)C3)c3ncnc(N)c23)c1)S(N)(=O)=O. The molecule has 1 unspecified atom stereocenters. The summed E-state index contributed by atoms with van der Waals surface area (Å²) in [6.07, 6.45) is 7.65. The van der Waals surface area contributed by atoms with Gasteiger partial charge in [-0.25, -0.2) is 23.5 Å². The normalized spacial score (nSPS) is 22.4. The quantitative estimate of drug-likeness (QED) is 0.566. The molecule has 32 heavy (non-hydrogen) atoms. The lowest BCUT2D eigenvalue weighted by Gasteiger charge is -2.42. The molecule has 0 amide bonds. The lowest BCUT2D eigenvalue weighted by molar-refractivity contribution is 0.0921. The van der Waals surface area contributed by atoms with Gasteiger partial charge in [0.1, 0.15) is 17.8 Å². The highest BCUT2D eigenvalue weighted by molar-refractivity contribution is 7.89. The summed E-state index contributed by atoms with van der Waals surface area (Å²) in [7, 11) is -3.58. The van der Waals surface area contributed by atoms with Crippen molar-refractivity contribution >= 4 is 26.9 Å². The number of nitrogen functional groups attached to an aromatic ring is 1. The van der Waals surface area contributed by atoms with Gasteiger partial charge in [-0.2, -0.15) is 0 Å². The van der Waals surface area contributed by atoms with Crippen LogP contribution in [0.25, 0.3) is 22.2 Å². The zero-order valence-electron chi connectivity index (χ0n) is 18.3. The van der Waals surface area contributed by atoms with E-state index in [0.717, 1.165) is 46.5 Å². The number of nitrogens with two attached hydrogens (primary N) is 2. The van der Waals surface area contributed by atoms with Crippen LogP contribution < -0.4 is 10.9 Å². The molecule has 170 valence electrons. The van der Waals surface area contributed by atoms with Crippen LogP contribution in [0.15, 0.2) is 36.8 Å². The first-order chi connectivity index (χ1) is 15.3. The molecular formula is C23H30N6O2S. The number of hydrogen-bond acceptors (Lipinski definition) is 6. The van der Waals surface area contributed by atoms with Gasteiger partial charge in [0, 0.05) is 24.3 Å². The predicted octanol–water partition coefficient (Wildman–Crippen LogP) is 2.56. The van der Waals surface area contributed by atoms with E-state index in [2.05, 4.69) is 25.6 Å². The zero-order valence-corrected chi connectivity index (χ0v) is 19.1. The third-order valence-electron chi connectivity index (χ3n) is 7.03. The van der Waals surface area contributed by atoms with Crippen LogP contribution >= 0.6 is 0 Å². The van der Waals surface area contributed by atoms with E-state index in [9.17, 15) is 8.42 Å². The molecule has 1 aromatic carbocycles. The van der Waals surface area contributed by atoms with E-state index in [1.165, 1.54) is 32.4 Å². The van der Waals surface area contributed by atoms with Crippen molar-refractivity contribution in [3.05, 3.63) is 42.4 Å². The molecule has 3 aromatic rings. The average Bonchev–Trinajstić information content (AvgIpc) is 3.06. The first kappa shape index (κ1) is 21.4. The molecule has 1 aliphatic carbocycles. The number of rotatable bonds is 7. The number of fused-ring (bicyclic) bond motifs is 1. The Kier molecular flexibility index (Phi) is 5.43. The largest absolute Gasteiger partial charge is 0.383 e. The van der Waals surface area contributed by atoms with Gasteiger partial charge in [0.05, 0.1) is 10.6 Å². The van der Waals surface area contributed by atoms with Crippen molar-refractivity contribution in [2.24, 2.45) is 11.1 Å². The van der Waals surface area contributed by atoms with E-state index in [-0.39, 0.29) is 0 Å². The zero-order chi connectivity index (χ0) is 22.5. The van der Waals surface area contributed by atoms with Crippen LogP contribution in [-0.2, 0) is 16.4 Å². The number of hydrogen-bond donors (Lipinski definition) is 2. The number of likely N-dealkylation sites (tertiary alicyclic amines) is 1. The molecule has 9 heteroatoms. The summed E-state index contributed by atoms with van der Waals surface area (Å²) < 4.78 is 25.6. The highest BCUT2D eigenvalue weighted by Gasteiger charge is 2.34. The Hall–Kier alpha value is -2.49. The summed E-state index contributed by atoms with van der Waals surface area (Å²) in [5, 5.41) is 5.52. The van der Waals surface area contributed by atoms with E-state index in [1.54, 1.807) is 6.92 Å². The molecule has 1 aliphatic heterocycles.